The van der Waals surface area contributed by atoms with Gasteiger partial charge >= 0.3 is 7.32 Å². The fourth-order valence-corrected chi connectivity index (χ4v) is 5.64. The molecule has 230 valence electrons. The first-order chi connectivity index (χ1) is 19.9. The van der Waals surface area contributed by atoms with Crippen molar-refractivity contribution >= 4 is 7.32 Å². The summed E-state index contributed by atoms with van der Waals surface area (Å²) in [5, 5.41) is 0. The van der Waals surface area contributed by atoms with Crippen molar-refractivity contribution in [2.45, 2.75) is 118 Å². The van der Waals surface area contributed by atoms with Crippen LogP contribution in [0.15, 0.2) is 42.5 Å². The van der Waals surface area contributed by atoms with Gasteiger partial charge in [0.1, 0.15) is 29.2 Å². The van der Waals surface area contributed by atoms with Gasteiger partial charge in [0.15, 0.2) is 0 Å². The summed E-state index contributed by atoms with van der Waals surface area (Å²) in [6, 6.07) is 10.8. The minimum Gasteiger partial charge on any atom is -0.501 e. The predicted octanol–water partition coefficient (Wildman–Crippen LogP) is 10.1. The Balaban J connectivity index is 2.49. The van der Waals surface area contributed by atoms with Crippen LogP contribution >= 0.6 is 0 Å². The van der Waals surface area contributed by atoms with Crippen LogP contribution in [0.3, 0.4) is 0 Å². The normalized spacial score (nSPS) is 12.4. The van der Waals surface area contributed by atoms with Crippen LogP contribution in [0.1, 0.15) is 123 Å². The van der Waals surface area contributed by atoms with E-state index in [1.807, 2.05) is 0 Å². The van der Waals surface area contributed by atoms with E-state index in [9.17, 15) is 8.78 Å². The third-order valence-electron chi connectivity index (χ3n) is 7.95. The summed E-state index contributed by atoms with van der Waals surface area (Å²) in [5.41, 5.74) is 0.887. The van der Waals surface area contributed by atoms with E-state index in [1.54, 1.807) is 24.3 Å². The lowest BCUT2D eigenvalue weighted by molar-refractivity contribution is -0.958. The topological polar surface area (TPSA) is 27.7 Å². The van der Waals surface area contributed by atoms with Crippen molar-refractivity contribution in [3.8, 4) is 11.5 Å². The van der Waals surface area contributed by atoms with Gasteiger partial charge in [0.2, 0.25) is 0 Å². The molecule has 2 aromatic rings. The fourth-order valence-electron chi connectivity index (χ4n) is 5.64. The average Bonchev–Trinajstić information content (AvgIpc) is 2.98. The van der Waals surface area contributed by atoms with Crippen LogP contribution in [-0.4, -0.2) is 38.0 Å². The summed E-state index contributed by atoms with van der Waals surface area (Å²) in [6.45, 7) is 14.8. The fraction of sp³-hybridized carbons (Fsp3) is 0.647. The number of quaternary nitrogens is 1. The Hall–Kier alpha value is -2.12. The standard InChI is InChI=1S/C34H55BF2NO3/c1-6-11-15-16-27-39-35(40-31-21-18-29(36)19-22-31)41-34-23-20-30(37)28-32(34)33(17-10-5)38(24-12-7-2,25-13-8-3)26-14-9-4/h18-23,28,33H,6-17,24-27H2,1-5H3/q+1. The molecule has 0 bridgehead atoms. The van der Waals surface area contributed by atoms with Crippen LogP contribution in [0.25, 0.3) is 0 Å². The third-order valence-corrected chi connectivity index (χ3v) is 7.95. The number of hydrogen-bond donors (Lipinski definition) is 0. The van der Waals surface area contributed by atoms with Gasteiger partial charge in [-0.25, -0.2) is 8.78 Å². The molecule has 4 nitrogen and oxygen atoms in total. The highest BCUT2D eigenvalue weighted by Gasteiger charge is 2.39. The molecule has 0 aliphatic rings. The van der Waals surface area contributed by atoms with Crippen molar-refractivity contribution in [2.24, 2.45) is 0 Å². The molecule has 41 heavy (non-hydrogen) atoms. The average molecular weight is 575 g/mol. The van der Waals surface area contributed by atoms with Crippen molar-refractivity contribution in [3.05, 3.63) is 59.7 Å². The smallest absolute Gasteiger partial charge is 0.501 e. The van der Waals surface area contributed by atoms with Gasteiger partial charge in [-0.1, -0.05) is 79.6 Å². The molecule has 1 atom stereocenters. The second-order valence-electron chi connectivity index (χ2n) is 11.3. The Morgan fingerprint density at radius 2 is 1.24 bits per heavy atom. The number of halogens is 2. The van der Waals surface area contributed by atoms with Gasteiger partial charge in [-0.15, -0.1) is 0 Å². The highest BCUT2D eigenvalue weighted by Crippen LogP contribution is 2.40. The zero-order valence-corrected chi connectivity index (χ0v) is 26.4. The molecular formula is C34H55BF2NO3+. The zero-order valence-electron chi connectivity index (χ0n) is 26.4. The lowest BCUT2D eigenvalue weighted by Gasteiger charge is -2.46. The first kappa shape index (κ1) is 35.1. The SMILES string of the molecule is CCCCCCOB(Oc1ccc(F)cc1)Oc1ccc(F)cc1C(CCC)[N+](CCCC)(CCCC)CCCC. The van der Waals surface area contributed by atoms with Gasteiger partial charge in [0.25, 0.3) is 0 Å². The number of unbranched alkanes of at least 4 members (excludes halogenated alkanes) is 6. The molecule has 0 aliphatic carbocycles. The van der Waals surface area contributed by atoms with Crippen LogP contribution in [0.5, 0.6) is 11.5 Å². The summed E-state index contributed by atoms with van der Waals surface area (Å²) >= 11 is 0. The minimum atomic E-state index is -1.03. The van der Waals surface area contributed by atoms with E-state index >= 15 is 0 Å². The molecule has 2 rings (SSSR count). The van der Waals surface area contributed by atoms with E-state index in [1.165, 1.54) is 18.2 Å². The Morgan fingerprint density at radius 3 is 1.80 bits per heavy atom. The molecule has 0 fully saturated rings. The number of hydrogen-bond acceptors (Lipinski definition) is 3. The highest BCUT2D eigenvalue weighted by atomic mass is 19.1. The molecule has 1 unspecified atom stereocenters. The van der Waals surface area contributed by atoms with Crippen molar-refractivity contribution in [3.63, 3.8) is 0 Å². The van der Waals surface area contributed by atoms with E-state index in [2.05, 4.69) is 34.6 Å². The molecule has 0 amide bonds. The molecule has 0 saturated carbocycles. The van der Waals surface area contributed by atoms with Crippen molar-refractivity contribution in [2.75, 3.05) is 26.2 Å². The van der Waals surface area contributed by atoms with Gasteiger partial charge in [0, 0.05) is 13.0 Å². The van der Waals surface area contributed by atoms with E-state index in [0.717, 1.165) is 107 Å². The molecule has 0 spiro atoms. The maximum absolute atomic E-state index is 15.0. The summed E-state index contributed by atoms with van der Waals surface area (Å²) < 4.78 is 48.1. The maximum atomic E-state index is 15.0. The molecule has 7 heteroatoms. The van der Waals surface area contributed by atoms with E-state index in [4.69, 9.17) is 14.0 Å². The first-order valence-electron chi connectivity index (χ1n) is 16.3. The first-order valence-corrected chi connectivity index (χ1v) is 16.3. The lowest BCUT2D eigenvalue weighted by atomic mass is 9.94. The van der Waals surface area contributed by atoms with E-state index in [0.29, 0.717) is 18.1 Å². The number of nitrogens with zero attached hydrogens (tertiary/aromatic N) is 1. The predicted molar refractivity (Wildman–Crippen MR) is 167 cm³/mol. The van der Waals surface area contributed by atoms with Crippen LogP contribution in [0, 0.1) is 11.6 Å². The highest BCUT2D eigenvalue weighted by molar-refractivity contribution is 6.38. The van der Waals surface area contributed by atoms with Gasteiger partial charge in [-0.2, -0.15) is 0 Å². The summed E-state index contributed by atoms with van der Waals surface area (Å²) in [6.07, 6.45) is 13.0. The second kappa shape index (κ2) is 19.9. The molecule has 0 saturated heterocycles. The third kappa shape index (κ3) is 12.0. The van der Waals surface area contributed by atoms with Crippen LogP contribution in [0.2, 0.25) is 0 Å². The van der Waals surface area contributed by atoms with Crippen LogP contribution < -0.4 is 9.31 Å². The maximum Gasteiger partial charge on any atom is 0.788 e. The van der Waals surface area contributed by atoms with Gasteiger partial charge in [-0.05, 0) is 68.1 Å². The minimum absolute atomic E-state index is 0.103. The molecule has 0 radical (unpaired) electrons. The van der Waals surface area contributed by atoms with Crippen molar-refractivity contribution in [1.29, 1.82) is 0 Å². The monoisotopic (exact) mass is 574 g/mol. The van der Waals surface area contributed by atoms with Crippen LogP contribution in [-0.2, 0) is 4.65 Å². The zero-order chi connectivity index (χ0) is 29.9. The number of rotatable bonds is 23. The Bertz CT molecular complexity index is 938. The Kier molecular flexibility index (Phi) is 17.0. The molecule has 0 heterocycles. The molecule has 0 aliphatic heterocycles. The van der Waals surface area contributed by atoms with Gasteiger partial charge in [-0.3, -0.25) is 0 Å². The van der Waals surface area contributed by atoms with Crippen molar-refractivity contribution < 1.29 is 27.2 Å². The van der Waals surface area contributed by atoms with E-state index < -0.39 is 7.32 Å². The molecule has 2 aromatic carbocycles. The summed E-state index contributed by atoms with van der Waals surface area (Å²) in [4.78, 5) is 0. The molecule has 0 N–H and O–H groups in total. The Morgan fingerprint density at radius 1 is 0.659 bits per heavy atom. The van der Waals surface area contributed by atoms with Gasteiger partial charge in [0.05, 0.1) is 25.2 Å². The van der Waals surface area contributed by atoms with Crippen molar-refractivity contribution in [1.82, 2.24) is 0 Å². The Labute approximate surface area is 249 Å². The largest absolute Gasteiger partial charge is 0.788 e. The van der Waals surface area contributed by atoms with Crippen LogP contribution in [0.4, 0.5) is 8.78 Å². The summed E-state index contributed by atoms with van der Waals surface area (Å²) in [7, 11) is -1.03. The summed E-state index contributed by atoms with van der Waals surface area (Å²) in [5.74, 6) is 0.457. The quantitative estimate of drug-likeness (QED) is 0.0751. The van der Waals surface area contributed by atoms with Gasteiger partial charge < -0.3 is 18.4 Å². The second-order valence-corrected chi connectivity index (χ2v) is 11.3. The number of benzene rings is 2. The molecular weight excluding hydrogens is 519 g/mol. The van der Waals surface area contributed by atoms with E-state index in [-0.39, 0.29) is 17.7 Å². The lowest BCUT2D eigenvalue weighted by Crippen LogP contribution is -2.52. The molecule has 0 aromatic heterocycles.